The van der Waals surface area contributed by atoms with E-state index in [1.807, 2.05) is 6.07 Å². The Bertz CT molecular complexity index is 903. The van der Waals surface area contributed by atoms with Gasteiger partial charge in [-0.2, -0.15) is 0 Å². The first kappa shape index (κ1) is 17.5. The van der Waals surface area contributed by atoms with Crippen LogP contribution in [0, 0.1) is 5.82 Å². The van der Waals surface area contributed by atoms with Crippen molar-refractivity contribution in [1.29, 1.82) is 0 Å². The minimum atomic E-state index is -0.315. The highest BCUT2D eigenvalue weighted by atomic mass is 19.1. The third kappa shape index (κ3) is 4.62. The fourth-order valence-electron chi connectivity index (χ4n) is 2.96. The summed E-state index contributed by atoms with van der Waals surface area (Å²) in [7, 11) is 0. The molecule has 0 saturated heterocycles. The molecule has 3 aromatic rings. The molecule has 1 aromatic carbocycles. The van der Waals surface area contributed by atoms with E-state index < -0.39 is 0 Å². The number of rotatable bonds is 8. The number of oxazole rings is 1. The van der Waals surface area contributed by atoms with Crippen molar-refractivity contribution in [3.8, 4) is 0 Å². The van der Waals surface area contributed by atoms with Gasteiger partial charge in [-0.1, -0.05) is 12.1 Å². The fraction of sp³-hybridized carbons (Fsp3) is 0.300. The summed E-state index contributed by atoms with van der Waals surface area (Å²) in [6, 6.07) is 10.6. The Balaban J connectivity index is 1.37. The molecule has 2 heterocycles. The van der Waals surface area contributed by atoms with Crippen LogP contribution in [0.25, 0.3) is 0 Å². The predicted molar refractivity (Wildman–Crippen MR) is 95.1 cm³/mol. The predicted octanol–water partition coefficient (Wildman–Crippen LogP) is 3.50. The van der Waals surface area contributed by atoms with Gasteiger partial charge in [0.1, 0.15) is 17.8 Å². The second kappa shape index (κ2) is 7.75. The lowest BCUT2D eigenvalue weighted by molar-refractivity contribution is 0.0943. The van der Waals surface area contributed by atoms with Crippen LogP contribution >= 0.6 is 0 Å². The summed E-state index contributed by atoms with van der Waals surface area (Å²) in [4.78, 5) is 18.7. The van der Waals surface area contributed by atoms with E-state index in [4.69, 9.17) is 8.83 Å². The molecule has 0 atom stereocenters. The maximum absolute atomic E-state index is 13.4. The standard InChI is InChI=1S/C20H20FN3O3/c21-15-4-1-3-14(9-15)11-24(16-6-7-16)12-19-23-18(13-27-19)20(25)22-10-17-5-2-8-26-17/h1-5,8-9,13,16H,6-7,10-12H2,(H,22,25). The minimum Gasteiger partial charge on any atom is -0.467 e. The van der Waals surface area contributed by atoms with Gasteiger partial charge in [-0.05, 0) is 42.7 Å². The van der Waals surface area contributed by atoms with Crippen LogP contribution in [0.3, 0.4) is 0 Å². The van der Waals surface area contributed by atoms with Gasteiger partial charge < -0.3 is 14.2 Å². The minimum absolute atomic E-state index is 0.234. The Labute approximate surface area is 156 Å². The number of hydrogen-bond donors (Lipinski definition) is 1. The Morgan fingerprint density at radius 1 is 1.22 bits per heavy atom. The largest absolute Gasteiger partial charge is 0.467 e. The van der Waals surface area contributed by atoms with E-state index >= 15 is 0 Å². The van der Waals surface area contributed by atoms with E-state index in [2.05, 4.69) is 15.2 Å². The zero-order valence-electron chi connectivity index (χ0n) is 14.7. The number of nitrogens with zero attached hydrogens (tertiary/aromatic N) is 2. The first-order valence-electron chi connectivity index (χ1n) is 8.91. The molecule has 140 valence electrons. The molecule has 1 aliphatic carbocycles. The van der Waals surface area contributed by atoms with E-state index in [-0.39, 0.29) is 17.4 Å². The normalized spacial score (nSPS) is 13.9. The molecule has 0 unspecified atom stereocenters. The monoisotopic (exact) mass is 369 g/mol. The average molecular weight is 369 g/mol. The number of aromatic nitrogens is 1. The quantitative estimate of drug-likeness (QED) is 0.658. The van der Waals surface area contributed by atoms with E-state index in [9.17, 15) is 9.18 Å². The van der Waals surface area contributed by atoms with Gasteiger partial charge in [0, 0.05) is 12.6 Å². The van der Waals surface area contributed by atoms with Crippen LogP contribution < -0.4 is 5.32 Å². The number of benzene rings is 1. The lowest BCUT2D eigenvalue weighted by Gasteiger charge is -2.20. The molecule has 1 N–H and O–H groups in total. The Hall–Kier alpha value is -2.93. The summed E-state index contributed by atoms with van der Waals surface area (Å²) >= 11 is 0. The van der Waals surface area contributed by atoms with Gasteiger partial charge >= 0.3 is 0 Å². The van der Waals surface area contributed by atoms with E-state index in [1.54, 1.807) is 30.5 Å². The van der Waals surface area contributed by atoms with E-state index in [0.717, 1.165) is 18.4 Å². The van der Waals surface area contributed by atoms with Crippen molar-refractivity contribution < 1.29 is 18.0 Å². The first-order chi connectivity index (χ1) is 13.2. The third-order valence-electron chi connectivity index (χ3n) is 4.46. The number of halogens is 1. The summed E-state index contributed by atoms with van der Waals surface area (Å²) in [6.45, 7) is 1.39. The first-order valence-corrected chi connectivity index (χ1v) is 8.91. The molecule has 0 aliphatic heterocycles. The molecule has 1 aliphatic rings. The Morgan fingerprint density at radius 2 is 2.11 bits per heavy atom. The van der Waals surface area contributed by atoms with Crippen molar-refractivity contribution in [1.82, 2.24) is 15.2 Å². The van der Waals surface area contributed by atoms with Crippen LogP contribution in [0.15, 0.2) is 57.8 Å². The Kier molecular flexibility index (Phi) is 5.02. The van der Waals surface area contributed by atoms with Crippen molar-refractivity contribution >= 4 is 5.91 Å². The Morgan fingerprint density at radius 3 is 2.85 bits per heavy atom. The van der Waals surface area contributed by atoms with Crippen molar-refractivity contribution in [2.75, 3.05) is 0 Å². The van der Waals surface area contributed by atoms with Crippen molar-refractivity contribution in [3.05, 3.63) is 77.7 Å². The van der Waals surface area contributed by atoms with E-state index in [0.29, 0.717) is 37.3 Å². The summed E-state index contributed by atoms with van der Waals surface area (Å²) in [5.41, 5.74) is 1.14. The molecule has 0 bridgehead atoms. The van der Waals surface area contributed by atoms with Crippen LogP contribution in [0.5, 0.6) is 0 Å². The van der Waals surface area contributed by atoms with Crippen molar-refractivity contribution in [3.63, 3.8) is 0 Å². The number of carbonyl (C=O) groups is 1. The van der Waals surface area contributed by atoms with Gasteiger partial charge in [-0.15, -0.1) is 0 Å². The third-order valence-corrected chi connectivity index (χ3v) is 4.46. The van der Waals surface area contributed by atoms with Gasteiger partial charge in [0.15, 0.2) is 5.69 Å². The SMILES string of the molecule is O=C(NCc1ccco1)c1coc(CN(Cc2cccc(F)c2)C2CC2)n1. The van der Waals surface area contributed by atoms with Gasteiger partial charge in [-0.25, -0.2) is 9.37 Å². The lowest BCUT2D eigenvalue weighted by atomic mass is 10.2. The summed E-state index contributed by atoms with van der Waals surface area (Å²) < 4.78 is 24.1. The van der Waals surface area contributed by atoms with Gasteiger partial charge in [0.05, 0.1) is 19.4 Å². The van der Waals surface area contributed by atoms with Crippen LogP contribution in [-0.4, -0.2) is 21.8 Å². The molecule has 2 aromatic heterocycles. The second-order valence-corrected chi connectivity index (χ2v) is 6.65. The molecule has 27 heavy (non-hydrogen) atoms. The summed E-state index contributed by atoms with van der Waals surface area (Å²) in [5, 5.41) is 2.74. The van der Waals surface area contributed by atoms with Crippen LogP contribution in [-0.2, 0) is 19.6 Å². The lowest BCUT2D eigenvalue weighted by Crippen LogP contribution is -2.26. The molecule has 1 saturated carbocycles. The highest BCUT2D eigenvalue weighted by molar-refractivity contribution is 5.91. The van der Waals surface area contributed by atoms with Crippen LogP contribution in [0.2, 0.25) is 0 Å². The van der Waals surface area contributed by atoms with Gasteiger partial charge in [-0.3, -0.25) is 9.69 Å². The van der Waals surface area contributed by atoms with Crippen molar-refractivity contribution in [2.24, 2.45) is 0 Å². The summed E-state index contributed by atoms with van der Waals surface area (Å²) in [5.74, 6) is 0.586. The molecule has 4 rings (SSSR count). The van der Waals surface area contributed by atoms with Gasteiger partial charge in [0.2, 0.25) is 5.89 Å². The number of amides is 1. The molecular weight excluding hydrogens is 349 g/mol. The smallest absolute Gasteiger partial charge is 0.273 e. The zero-order chi connectivity index (χ0) is 18.6. The number of carbonyl (C=O) groups excluding carboxylic acids is 1. The highest BCUT2D eigenvalue weighted by Crippen LogP contribution is 2.29. The second-order valence-electron chi connectivity index (χ2n) is 6.65. The molecular formula is C20H20FN3O3. The maximum atomic E-state index is 13.4. The topological polar surface area (TPSA) is 71.5 Å². The molecule has 0 spiro atoms. The molecule has 1 fully saturated rings. The van der Waals surface area contributed by atoms with Gasteiger partial charge in [0.25, 0.3) is 5.91 Å². The van der Waals surface area contributed by atoms with Crippen molar-refractivity contribution in [2.45, 2.75) is 38.5 Å². The fourth-order valence-corrected chi connectivity index (χ4v) is 2.96. The molecule has 0 radical (unpaired) electrons. The molecule has 1 amide bonds. The molecule has 6 nitrogen and oxygen atoms in total. The van der Waals surface area contributed by atoms with Crippen LogP contribution in [0.4, 0.5) is 4.39 Å². The molecule has 7 heteroatoms. The highest BCUT2D eigenvalue weighted by Gasteiger charge is 2.30. The number of hydrogen-bond acceptors (Lipinski definition) is 5. The number of nitrogens with one attached hydrogen (secondary N) is 1. The van der Waals surface area contributed by atoms with E-state index in [1.165, 1.54) is 12.3 Å². The number of furan rings is 1. The zero-order valence-corrected chi connectivity index (χ0v) is 14.7. The maximum Gasteiger partial charge on any atom is 0.273 e. The summed E-state index contributed by atoms with van der Waals surface area (Å²) in [6.07, 6.45) is 5.12. The van der Waals surface area contributed by atoms with Crippen LogP contribution in [0.1, 0.15) is 40.5 Å². The average Bonchev–Trinajstić information content (AvgIpc) is 3.17.